The molecule has 0 radical (unpaired) electrons. The van der Waals surface area contributed by atoms with Crippen LogP contribution in [0.2, 0.25) is 0 Å². The van der Waals surface area contributed by atoms with Gasteiger partial charge in [0.15, 0.2) is 0 Å². The van der Waals surface area contributed by atoms with Crippen LogP contribution < -0.4 is 10.0 Å². The summed E-state index contributed by atoms with van der Waals surface area (Å²) in [6.45, 7) is 0. The third-order valence-corrected chi connectivity index (χ3v) is 3.84. The highest BCUT2D eigenvalue weighted by Gasteiger charge is 2.19. The van der Waals surface area contributed by atoms with Crippen molar-refractivity contribution >= 4 is 21.5 Å². The second-order valence-corrected chi connectivity index (χ2v) is 5.51. The second-order valence-electron chi connectivity index (χ2n) is 3.83. The number of halogens is 2. The van der Waals surface area contributed by atoms with Gasteiger partial charge in [-0.1, -0.05) is 6.07 Å². The van der Waals surface area contributed by atoms with Crippen molar-refractivity contribution in [1.82, 2.24) is 4.98 Å². The lowest BCUT2D eigenvalue weighted by Crippen LogP contribution is -2.15. The second kappa shape index (κ2) is 5.41. The quantitative estimate of drug-likeness (QED) is 0.908. The van der Waals surface area contributed by atoms with Crippen LogP contribution in [0, 0.1) is 11.6 Å². The number of pyridine rings is 1. The molecule has 2 rings (SSSR count). The molecule has 0 amide bonds. The van der Waals surface area contributed by atoms with Crippen LogP contribution in [0.1, 0.15) is 0 Å². The molecule has 0 unspecified atom stereocenters. The average molecular weight is 299 g/mol. The average Bonchev–Trinajstić information content (AvgIpc) is 2.43. The van der Waals surface area contributed by atoms with E-state index < -0.39 is 27.3 Å². The summed E-state index contributed by atoms with van der Waals surface area (Å²) in [6.07, 6.45) is 1.09. The van der Waals surface area contributed by atoms with Crippen molar-refractivity contribution < 1.29 is 17.2 Å². The van der Waals surface area contributed by atoms with E-state index in [1.54, 1.807) is 7.05 Å². The Hall–Kier alpha value is -2.22. The molecule has 0 atom stereocenters. The molecule has 2 N–H and O–H groups in total. The maximum atomic E-state index is 13.4. The van der Waals surface area contributed by atoms with Crippen LogP contribution >= 0.6 is 0 Å². The van der Waals surface area contributed by atoms with Crippen LogP contribution in [-0.2, 0) is 10.0 Å². The molecule has 1 heterocycles. The van der Waals surface area contributed by atoms with Gasteiger partial charge in [0.2, 0.25) is 0 Å². The molecular weight excluding hydrogens is 288 g/mol. The predicted octanol–water partition coefficient (Wildman–Crippen LogP) is 2.20. The Labute approximate surface area is 114 Å². The largest absolute Gasteiger partial charge is 0.373 e. The highest BCUT2D eigenvalue weighted by atomic mass is 32.2. The van der Waals surface area contributed by atoms with Crippen molar-refractivity contribution in [2.24, 2.45) is 0 Å². The molecule has 2 aromatic rings. The van der Waals surface area contributed by atoms with Gasteiger partial charge in [0.05, 0.1) is 0 Å². The van der Waals surface area contributed by atoms with E-state index in [0.29, 0.717) is 5.82 Å². The molecule has 0 saturated carbocycles. The van der Waals surface area contributed by atoms with Crippen molar-refractivity contribution in [2.45, 2.75) is 4.90 Å². The van der Waals surface area contributed by atoms with Gasteiger partial charge in [0, 0.05) is 13.2 Å². The van der Waals surface area contributed by atoms with Crippen molar-refractivity contribution in [3.8, 4) is 0 Å². The number of hydrogen-bond acceptors (Lipinski definition) is 4. The summed E-state index contributed by atoms with van der Waals surface area (Å²) in [6, 6.07) is 5.78. The fourth-order valence-corrected chi connectivity index (χ4v) is 2.50. The normalized spacial score (nSPS) is 11.2. The van der Waals surface area contributed by atoms with Crippen LogP contribution in [-0.4, -0.2) is 20.4 Å². The summed E-state index contributed by atoms with van der Waals surface area (Å²) < 4.78 is 52.7. The Morgan fingerprint density at radius 3 is 2.25 bits per heavy atom. The number of aromatic nitrogens is 1. The summed E-state index contributed by atoms with van der Waals surface area (Å²) in [7, 11) is -2.48. The van der Waals surface area contributed by atoms with Gasteiger partial charge >= 0.3 is 0 Å². The first-order valence-electron chi connectivity index (χ1n) is 5.54. The molecule has 0 saturated heterocycles. The smallest absolute Gasteiger partial charge is 0.263 e. The maximum absolute atomic E-state index is 13.4. The van der Waals surface area contributed by atoms with Gasteiger partial charge in [-0.05, 0) is 24.3 Å². The van der Waals surface area contributed by atoms with E-state index in [1.165, 1.54) is 12.1 Å². The number of hydrogen-bond donors (Lipinski definition) is 2. The van der Waals surface area contributed by atoms with Gasteiger partial charge in [0.1, 0.15) is 28.0 Å². The Bertz CT molecular complexity index is 698. The van der Waals surface area contributed by atoms with Crippen LogP contribution in [0.4, 0.5) is 20.3 Å². The minimum absolute atomic E-state index is 0.195. The minimum atomic E-state index is -4.10. The standard InChI is InChI=1S/C12H11F2N3O2S/c1-15-11-6-5-8(7-16-11)20(18,19)17-12-9(13)3-2-4-10(12)14/h2-7,17H,1H3,(H,15,16). The van der Waals surface area contributed by atoms with Crippen LogP contribution in [0.5, 0.6) is 0 Å². The number of anilines is 2. The first-order valence-corrected chi connectivity index (χ1v) is 7.03. The minimum Gasteiger partial charge on any atom is -0.373 e. The predicted molar refractivity (Wildman–Crippen MR) is 71.0 cm³/mol. The molecule has 0 spiro atoms. The maximum Gasteiger partial charge on any atom is 0.263 e. The molecule has 0 aliphatic heterocycles. The summed E-state index contributed by atoms with van der Waals surface area (Å²) in [5, 5.41) is 2.73. The van der Waals surface area contributed by atoms with Gasteiger partial charge in [-0.3, -0.25) is 4.72 Å². The Kier molecular flexibility index (Phi) is 3.84. The number of benzene rings is 1. The van der Waals surface area contributed by atoms with E-state index in [2.05, 4.69) is 10.3 Å². The van der Waals surface area contributed by atoms with Gasteiger partial charge in [-0.15, -0.1) is 0 Å². The fraction of sp³-hybridized carbons (Fsp3) is 0.0833. The Morgan fingerprint density at radius 1 is 1.10 bits per heavy atom. The van der Waals surface area contributed by atoms with E-state index >= 15 is 0 Å². The molecular formula is C12H11F2N3O2S. The fourth-order valence-electron chi connectivity index (χ4n) is 1.48. The zero-order chi connectivity index (χ0) is 14.8. The molecule has 1 aromatic heterocycles. The highest BCUT2D eigenvalue weighted by molar-refractivity contribution is 7.92. The lowest BCUT2D eigenvalue weighted by atomic mass is 10.3. The molecule has 0 aliphatic carbocycles. The van der Waals surface area contributed by atoms with Crippen LogP contribution in [0.15, 0.2) is 41.4 Å². The van der Waals surface area contributed by atoms with Gasteiger partial charge in [-0.2, -0.15) is 0 Å². The number of rotatable bonds is 4. The Morgan fingerprint density at radius 2 is 1.75 bits per heavy atom. The summed E-state index contributed by atoms with van der Waals surface area (Å²) in [5.41, 5.74) is -0.717. The Balaban J connectivity index is 2.35. The van der Waals surface area contributed by atoms with E-state index in [9.17, 15) is 17.2 Å². The zero-order valence-corrected chi connectivity index (χ0v) is 11.2. The molecule has 106 valence electrons. The van der Waals surface area contributed by atoms with Crippen molar-refractivity contribution in [3.63, 3.8) is 0 Å². The van der Waals surface area contributed by atoms with Crippen molar-refractivity contribution in [1.29, 1.82) is 0 Å². The van der Waals surface area contributed by atoms with E-state index in [0.717, 1.165) is 24.4 Å². The third kappa shape index (κ3) is 2.85. The summed E-state index contributed by atoms with van der Waals surface area (Å²) in [5.74, 6) is -1.51. The summed E-state index contributed by atoms with van der Waals surface area (Å²) >= 11 is 0. The number of nitrogens with zero attached hydrogens (tertiary/aromatic N) is 1. The summed E-state index contributed by atoms with van der Waals surface area (Å²) in [4.78, 5) is 3.64. The molecule has 0 bridgehead atoms. The lowest BCUT2D eigenvalue weighted by Gasteiger charge is -2.09. The number of sulfonamides is 1. The van der Waals surface area contributed by atoms with E-state index in [4.69, 9.17) is 0 Å². The van der Waals surface area contributed by atoms with Crippen molar-refractivity contribution in [3.05, 3.63) is 48.2 Å². The lowest BCUT2D eigenvalue weighted by molar-refractivity contribution is 0.582. The monoisotopic (exact) mass is 299 g/mol. The molecule has 20 heavy (non-hydrogen) atoms. The van der Waals surface area contributed by atoms with Gasteiger partial charge in [-0.25, -0.2) is 22.2 Å². The van der Waals surface area contributed by atoms with Gasteiger partial charge in [0.25, 0.3) is 10.0 Å². The zero-order valence-electron chi connectivity index (χ0n) is 10.4. The molecule has 1 aromatic carbocycles. The van der Waals surface area contributed by atoms with Crippen molar-refractivity contribution in [2.75, 3.05) is 17.1 Å². The van der Waals surface area contributed by atoms with Crippen LogP contribution in [0.25, 0.3) is 0 Å². The number of nitrogens with one attached hydrogen (secondary N) is 2. The first-order chi connectivity index (χ1) is 9.44. The van der Waals surface area contributed by atoms with Gasteiger partial charge < -0.3 is 5.32 Å². The van der Waals surface area contributed by atoms with Crippen LogP contribution in [0.3, 0.4) is 0 Å². The topological polar surface area (TPSA) is 71.1 Å². The van der Waals surface area contributed by atoms with E-state index in [-0.39, 0.29) is 4.90 Å². The SMILES string of the molecule is CNc1ccc(S(=O)(=O)Nc2c(F)cccc2F)cn1. The van der Waals surface area contributed by atoms with E-state index in [1.807, 2.05) is 4.72 Å². The highest BCUT2D eigenvalue weighted by Crippen LogP contribution is 2.22. The number of para-hydroxylation sites is 1. The molecule has 8 heteroatoms. The molecule has 0 fully saturated rings. The third-order valence-electron chi connectivity index (χ3n) is 2.50. The molecule has 0 aliphatic rings. The first kappa shape index (κ1) is 14.2. The molecule has 5 nitrogen and oxygen atoms in total.